The summed E-state index contributed by atoms with van der Waals surface area (Å²) >= 11 is 1.28. The molecule has 1 aliphatic rings. The lowest BCUT2D eigenvalue weighted by Gasteiger charge is -2.25. The van der Waals surface area contributed by atoms with Gasteiger partial charge in [-0.15, -0.1) is 0 Å². The van der Waals surface area contributed by atoms with Crippen LogP contribution in [0.4, 0.5) is 5.88 Å². The molecule has 35 heavy (non-hydrogen) atoms. The fourth-order valence-electron chi connectivity index (χ4n) is 4.36. The van der Waals surface area contributed by atoms with Gasteiger partial charge in [0.15, 0.2) is 10.7 Å². The molecular formula is C27H25N3O4S. The van der Waals surface area contributed by atoms with Crippen LogP contribution in [0.3, 0.4) is 0 Å². The second-order valence-electron chi connectivity index (χ2n) is 8.44. The van der Waals surface area contributed by atoms with Gasteiger partial charge in [0, 0.05) is 26.2 Å². The molecule has 3 heterocycles. The quantitative estimate of drug-likeness (QED) is 0.402. The minimum Gasteiger partial charge on any atom is -0.463 e. The molecule has 0 saturated carbocycles. The fraction of sp³-hybridized carbons (Fsp3) is 0.222. The summed E-state index contributed by atoms with van der Waals surface area (Å²) in [5.74, 6) is 0.794. The number of aromatic nitrogens is 1. The summed E-state index contributed by atoms with van der Waals surface area (Å²) in [6.07, 6.45) is 1.72. The maximum Gasteiger partial charge on any atom is 0.338 e. The molecule has 0 unspecified atom stereocenters. The van der Waals surface area contributed by atoms with Crippen molar-refractivity contribution in [3.63, 3.8) is 0 Å². The molecule has 0 amide bonds. The Balaban J connectivity index is 1.77. The lowest BCUT2D eigenvalue weighted by Crippen LogP contribution is -2.40. The number of carbonyl (C=O) groups is 1. The number of hydrogen-bond donors (Lipinski definition) is 0. The molecule has 0 aliphatic carbocycles. The Morgan fingerprint density at radius 1 is 1.17 bits per heavy atom. The molecule has 178 valence electrons. The predicted molar refractivity (Wildman–Crippen MR) is 137 cm³/mol. The maximum atomic E-state index is 13.8. The average Bonchev–Trinajstić information content (AvgIpc) is 3.43. The van der Waals surface area contributed by atoms with E-state index in [2.05, 4.69) is 4.99 Å². The highest BCUT2D eigenvalue weighted by molar-refractivity contribution is 7.07. The molecule has 1 atom stereocenters. The standard InChI is InChI=1S/C27H25N3O4S/c1-5-33-26(32)23-16(2)28-27-30(24(23)20-12-8-10-17-9-6-7-11-19(17)20)25(31)21(35-27)15-18-13-14-22(34-18)29(3)4/h6-15,24H,5H2,1-4H3/b21-15-/t24-/m1/s1. The molecule has 2 aromatic heterocycles. The lowest BCUT2D eigenvalue weighted by atomic mass is 9.91. The second kappa shape index (κ2) is 9.03. The smallest absolute Gasteiger partial charge is 0.338 e. The minimum atomic E-state index is -0.660. The molecule has 2 aromatic carbocycles. The molecule has 0 bridgehead atoms. The Morgan fingerprint density at radius 3 is 2.69 bits per heavy atom. The average molecular weight is 488 g/mol. The van der Waals surface area contributed by atoms with Crippen LogP contribution in [0.1, 0.15) is 31.2 Å². The Kier molecular flexibility index (Phi) is 5.90. The molecule has 0 saturated heterocycles. The van der Waals surface area contributed by atoms with Crippen LogP contribution < -0.4 is 19.8 Å². The van der Waals surface area contributed by atoms with E-state index in [0.29, 0.717) is 32.2 Å². The van der Waals surface area contributed by atoms with Crippen LogP contribution in [0, 0.1) is 0 Å². The van der Waals surface area contributed by atoms with E-state index in [1.54, 1.807) is 24.5 Å². The van der Waals surface area contributed by atoms with Crippen molar-refractivity contribution in [3.05, 3.63) is 96.9 Å². The number of ether oxygens (including phenoxy) is 1. The van der Waals surface area contributed by atoms with Crippen LogP contribution in [-0.4, -0.2) is 31.2 Å². The van der Waals surface area contributed by atoms with Gasteiger partial charge in [-0.25, -0.2) is 9.79 Å². The summed E-state index contributed by atoms with van der Waals surface area (Å²) in [5, 5.41) is 1.99. The summed E-state index contributed by atoms with van der Waals surface area (Å²) in [5.41, 5.74) is 1.53. The Morgan fingerprint density at radius 2 is 1.94 bits per heavy atom. The summed E-state index contributed by atoms with van der Waals surface area (Å²) in [4.78, 5) is 33.9. The van der Waals surface area contributed by atoms with E-state index >= 15 is 0 Å². The van der Waals surface area contributed by atoms with Crippen molar-refractivity contribution < 1.29 is 13.9 Å². The predicted octanol–water partition coefficient (Wildman–Crippen LogP) is 3.61. The summed E-state index contributed by atoms with van der Waals surface area (Å²) in [7, 11) is 3.78. The third kappa shape index (κ3) is 4.00. The van der Waals surface area contributed by atoms with E-state index in [1.807, 2.05) is 73.6 Å². The molecule has 0 N–H and O–H groups in total. The van der Waals surface area contributed by atoms with Crippen molar-refractivity contribution in [1.29, 1.82) is 0 Å². The van der Waals surface area contributed by atoms with Gasteiger partial charge in [-0.3, -0.25) is 9.36 Å². The SMILES string of the molecule is CCOC(=O)C1=C(C)N=c2s/c(=C\c3ccc(N(C)C)o3)c(=O)n2[C@@H]1c1cccc2ccccc12. The summed E-state index contributed by atoms with van der Waals surface area (Å²) in [6, 6.07) is 16.9. The van der Waals surface area contributed by atoms with Crippen molar-refractivity contribution in [2.75, 3.05) is 25.6 Å². The third-order valence-corrected chi connectivity index (χ3v) is 6.94. The monoisotopic (exact) mass is 487 g/mol. The molecule has 1 aliphatic heterocycles. The van der Waals surface area contributed by atoms with Crippen molar-refractivity contribution in [2.24, 2.45) is 4.99 Å². The highest BCUT2D eigenvalue weighted by Crippen LogP contribution is 2.34. The van der Waals surface area contributed by atoms with Gasteiger partial charge < -0.3 is 14.1 Å². The van der Waals surface area contributed by atoms with Gasteiger partial charge in [0.1, 0.15) is 5.76 Å². The number of esters is 1. The number of benzene rings is 2. The maximum absolute atomic E-state index is 13.8. The van der Waals surface area contributed by atoms with Gasteiger partial charge in [0.05, 0.1) is 28.5 Å². The van der Waals surface area contributed by atoms with Crippen LogP contribution >= 0.6 is 11.3 Å². The minimum absolute atomic E-state index is 0.231. The number of anilines is 1. The van der Waals surface area contributed by atoms with Crippen LogP contribution in [0.5, 0.6) is 0 Å². The van der Waals surface area contributed by atoms with Gasteiger partial charge in [-0.1, -0.05) is 53.8 Å². The Labute approximate surface area is 205 Å². The van der Waals surface area contributed by atoms with E-state index in [-0.39, 0.29) is 12.2 Å². The first-order chi connectivity index (χ1) is 16.9. The first kappa shape index (κ1) is 22.9. The van der Waals surface area contributed by atoms with E-state index < -0.39 is 12.0 Å². The van der Waals surface area contributed by atoms with Gasteiger partial charge in [-0.05, 0) is 36.2 Å². The number of allylic oxidation sites excluding steroid dienone is 1. The first-order valence-corrected chi connectivity index (χ1v) is 12.1. The van der Waals surface area contributed by atoms with E-state index in [0.717, 1.165) is 16.3 Å². The number of furan rings is 1. The van der Waals surface area contributed by atoms with Crippen LogP contribution in [0.15, 0.2) is 80.1 Å². The summed E-state index contributed by atoms with van der Waals surface area (Å²) in [6.45, 7) is 3.79. The highest BCUT2D eigenvalue weighted by atomic mass is 32.1. The van der Waals surface area contributed by atoms with E-state index in [9.17, 15) is 9.59 Å². The third-order valence-electron chi connectivity index (χ3n) is 5.96. The zero-order chi connectivity index (χ0) is 24.7. The Bertz CT molecular complexity index is 1650. The van der Waals surface area contributed by atoms with Crippen molar-refractivity contribution in [1.82, 2.24) is 4.57 Å². The van der Waals surface area contributed by atoms with Crippen molar-refractivity contribution >= 4 is 40.0 Å². The zero-order valence-corrected chi connectivity index (χ0v) is 20.8. The highest BCUT2D eigenvalue weighted by Gasteiger charge is 2.34. The van der Waals surface area contributed by atoms with Gasteiger partial charge in [-0.2, -0.15) is 0 Å². The molecule has 5 rings (SSSR count). The Hall–Kier alpha value is -3.91. The van der Waals surface area contributed by atoms with E-state index in [4.69, 9.17) is 9.15 Å². The van der Waals surface area contributed by atoms with Gasteiger partial charge in [0.2, 0.25) is 0 Å². The van der Waals surface area contributed by atoms with Crippen LogP contribution in [-0.2, 0) is 9.53 Å². The van der Waals surface area contributed by atoms with E-state index in [1.165, 1.54) is 11.3 Å². The fourth-order valence-corrected chi connectivity index (χ4v) is 5.39. The first-order valence-electron chi connectivity index (χ1n) is 11.3. The van der Waals surface area contributed by atoms with Crippen LogP contribution in [0.2, 0.25) is 0 Å². The summed E-state index contributed by atoms with van der Waals surface area (Å²) < 4.78 is 13.3. The molecule has 8 heteroatoms. The second-order valence-corrected chi connectivity index (χ2v) is 9.45. The normalized spacial score (nSPS) is 15.8. The molecular weight excluding hydrogens is 462 g/mol. The zero-order valence-electron chi connectivity index (χ0n) is 19.9. The largest absolute Gasteiger partial charge is 0.463 e. The van der Waals surface area contributed by atoms with Gasteiger partial charge in [0.25, 0.3) is 5.56 Å². The number of fused-ring (bicyclic) bond motifs is 2. The van der Waals surface area contributed by atoms with Crippen LogP contribution in [0.25, 0.3) is 16.8 Å². The lowest BCUT2D eigenvalue weighted by molar-refractivity contribution is -0.139. The number of carbonyl (C=O) groups excluding carboxylic acids is 1. The molecule has 0 fully saturated rings. The molecule has 7 nitrogen and oxygen atoms in total. The van der Waals surface area contributed by atoms with Crippen molar-refractivity contribution in [2.45, 2.75) is 19.9 Å². The topological polar surface area (TPSA) is 77.0 Å². The molecule has 4 aromatic rings. The number of thiazole rings is 1. The number of rotatable bonds is 5. The number of nitrogens with zero attached hydrogens (tertiary/aromatic N) is 3. The number of hydrogen-bond acceptors (Lipinski definition) is 7. The van der Waals surface area contributed by atoms with Crippen molar-refractivity contribution in [3.8, 4) is 0 Å². The molecule has 0 spiro atoms. The van der Waals surface area contributed by atoms with Gasteiger partial charge >= 0.3 is 5.97 Å². The molecule has 0 radical (unpaired) electrons.